The molecule has 0 spiro atoms. The van der Waals surface area contributed by atoms with E-state index in [0.717, 1.165) is 32.1 Å². The van der Waals surface area contributed by atoms with Crippen LogP contribution in [-0.4, -0.2) is 50.9 Å². The molecule has 26 heavy (non-hydrogen) atoms. The molecule has 1 aromatic rings. The number of amides is 1. The molecule has 144 valence electrons. The number of benzene rings is 1. The number of likely N-dealkylation sites (N-methyl/N-ethyl adjacent to an activating group) is 1. The number of nitrogens with one attached hydrogen (secondary N) is 3. The maximum Gasteiger partial charge on any atom is 0.257 e. The summed E-state index contributed by atoms with van der Waals surface area (Å²) in [6.07, 6.45) is 3.75. The zero-order valence-corrected chi connectivity index (χ0v) is 15.6. The first-order valence-electron chi connectivity index (χ1n) is 9.79. The molecule has 1 aromatic carbocycles. The Morgan fingerprint density at radius 1 is 1.38 bits per heavy atom. The summed E-state index contributed by atoms with van der Waals surface area (Å²) in [5, 5.41) is 10.1. The summed E-state index contributed by atoms with van der Waals surface area (Å²) in [5.74, 6) is 1.28. The Hall–Kier alpha value is -1.63. The zero-order chi connectivity index (χ0) is 18.2. The van der Waals surface area contributed by atoms with Gasteiger partial charge >= 0.3 is 0 Å². The van der Waals surface area contributed by atoms with E-state index in [-0.39, 0.29) is 12.5 Å². The van der Waals surface area contributed by atoms with E-state index in [0.29, 0.717) is 24.5 Å². The molecule has 1 aliphatic heterocycles. The molecular weight excluding hydrogens is 330 g/mol. The number of carbonyl (C=O) groups is 1. The van der Waals surface area contributed by atoms with Gasteiger partial charge in [-0.15, -0.1) is 0 Å². The molecule has 1 saturated carbocycles. The predicted molar refractivity (Wildman–Crippen MR) is 101 cm³/mol. The number of morpholine rings is 1. The standard InChI is InChI=1S/C20H31N3O3/c1-2-21-20(24)14-26-16-6-3-5-15(11-16)12-23-18-8-4-7-17(18)19-13-25-10-9-22-19/h3,5-6,11,17-19,22-23H,2,4,7-10,12-14H2,1H3,(H,21,24). The van der Waals surface area contributed by atoms with E-state index in [1.807, 2.05) is 25.1 Å². The van der Waals surface area contributed by atoms with Crippen LogP contribution in [0.4, 0.5) is 0 Å². The molecule has 6 heteroatoms. The largest absolute Gasteiger partial charge is 0.484 e. The van der Waals surface area contributed by atoms with Crippen LogP contribution in [0.3, 0.4) is 0 Å². The van der Waals surface area contributed by atoms with Crippen LogP contribution in [0.5, 0.6) is 5.75 Å². The lowest BCUT2D eigenvalue weighted by atomic mass is 9.94. The highest BCUT2D eigenvalue weighted by Crippen LogP contribution is 2.29. The van der Waals surface area contributed by atoms with Gasteiger partial charge in [0.15, 0.2) is 6.61 Å². The van der Waals surface area contributed by atoms with Gasteiger partial charge in [-0.1, -0.05) is 18.6 Å². The number of hydrogen-bond donors (Lipinski definition) is 3. The molecule has 3 rings (SSSR count). The molecule has 3 unspecified atom stereocenters. The molecule has 3 atom stereocenters. The van der Waals surface area contributed by atoms with Gasteiger partial charge in [-0.25, -0.2) is 0 Å². The number of rotatable bonds is 8. The van der Waals surface area contributed by atoms with E-state index in [9.17, 15) is 4.79 Å². The lowest BCUT2D eigenvalue weighted by Crippen LogP contribution is -2.50. The van der Waals surface area contributed by atoms with Crippen molar-refractivity contribution >= 4 is 5.91 Å². The fraction of sp³-hybridized carbons (Fsp3) is 0.650. The first kappa shape index (κ1) is 19.1. The number of hydrogen-bond acceptors (Lipinski definition) is 5. The third-order valence-corrected chi connectivity index (χ3v) is 5.25. The second-order valence-corrected chi connectivity index (χ2v) is 7.11. The highest BCUT2D eigenvalue weighted by Gasteiger charge is 2.34. The molecule has 2 fully saturated rings. The maximum atomic E-state index is 11.5. The van der Waals surface area contributed by atoms with Crippen LogP contribution in [0.25, 0.3) is 0 Å². The summed E-state index contributed by atoms with van der Waals surface area (Å²) in [6.45, 7) is 6.00. The summed E-state index contributed by atoms with van der Waals surface area (Å²) in [6, 6.07) is 8.97. The minimum absolute atomic E-state index is 0.0583. The van der Waals surface area contributed by atoms with Crippen molar-refractivity contribution in [1.29, 1.82) is 0 Å². The molecule has 3 N–H and O–H groups in total. The summed E-state index contributed by atoms with van der Waals surface area (Å²) in [7, 11) is 0. The van der Waals surface area contributed by atoms with Crippen molar-refractivity contribution in [3.63, 3.8) is 0 Å². The van der Waals surface area contributed by atoms with Gasteiger partial charge in [-0.3, -0.25) is 4.79 Å². The molecular formula is C20H31N3O3. The average Bonchev–Trinajstić information content (AvgIpc) is 3.15. The van der Waals surface area contributed by atoms with E-state index < -0.39 is 0 Å². The highest BCUT2D eigenvalue weighted by atomic mass is 16.5. The minimum Gasteiger partial charge on any atom is -0.484 e. The first-order chi connectivity index (χ1) is 12.8. The summed E-state index contributed by atoms with van der Waals surface area (Å²) >= 11 is 0. The van der Waals surface area contributed by atoms with Crippen LogP contribution >= 0.6 is 0 Å². The van der Waals surface area contributed by atoms with Gasteiger partial charge < -0.3 is 25.4 Å². The van der Waals surface area contributed by atoms with Crippen LogP contribution in [0.2, 0.25) is 0 Å². The fourth-order valence-corrected chi connectivity index (χ4v) is 3.98. The zero-order valence-electron chi connectivity index (χ0n) is 15.6. The SMILES string of the molecule is CCNC(=O)COc1cccc(CNC2CCCC2C2COCCN2)c1. The molecule has 0 bridgehead atoms. The van der Waals surface area contributed by atoms with Crippen molar-refractivity contribution in [3.8, 4) is 5.75 Å². The lowest BCUT2D eigenvalue weighted by Gasteiger charge is -2.33. The monoisotopic (exact) mass is 361 g/mol. The summed E-state index contributed by atoms with van der Waals surface area (Å²) in [5.41, 5.74) is 1.18. The van der Waals surface area contributed by atoms with E-state index >= 15 is 0 Å². The number of ether oxygens (including phenoxy) is 2. The van der Waals surface area contributed by atoms with E-state index in [2.05, 4.69) is 22.0 Å². The van der Waals surface area contributed by atoms with E-state index in [1.54, 1.807) is 0 Å². The molecule has 1 amide bonds. The second kappa shape index (κ2) is 9.90. The van der Waals surface area contributed by atoms with E-state index in [1.165, 1.54) is 24.8 Å². The minimum atomic E-state index is -0.0907. The van der Waals surface area contributed by atoms with Gasteiger partial charge in [0.25, 0.3) is 5.91 Å². The molecule has 6 nitrogen and oxygen atoms in total. The maximum absolute atomic E-state index is 11.5. The van der Waals surface area contributed by atoms with Gasteiger partial charge in [0.1, 0.15) is 5.75 Å². The van der Waals surface area contributed by atoms with Crippen molar-refractivity contribution < 1.29 is 14.3 Å². The molecule has 1 heterocycles. The predicted octanol–water partition coefficient (Wildman–Crippen LogP) is 1.45. The van der Waals surface area contributed by atoms with Gasteiger partial charge in [0, 0.05) is 31.7 Å². The molecule has 0 radical (unpaired) electrons. The fourth-order valence-electron chi connectivity index (χ4n) is 3.98. The van der Waals surface area contributed by atoms with E-state index in [4.69, 9.17) is 9.47 Å². The van der Waals surface area contributed by atoms with Crippen LogP contribution < -0.4 is 20.7 Å². The van der Waals surface area contributed by atoms with Gasteiger partial charge in [0.05, 0.1) is 13.2 Å². The quantitative estimate of drug-likeness (QED) is 0.654. The Balaban J connectivity index is 1.49. The normalized spacial score (nSPS) is 25.8. The third-order valence-electron chi connectivity index (χ3n) is 5.25. The van der Waals surface area contributed by atoms with Crippen LogP contribution in [0, 0.1) is 5.92 Å². The molecule has 0 aromatic heterocycles. The van der Waals surface area contributed by atoms with Gasteiger partial charge in [-0.2, -0.15) is 0 Å². The van der Waals surface area contributed by atoms with Crippen molar-refractivity contribution in [1.82, 2.24) is 16.0 Å². The topological polar surface area (TPSA) is 71.6 Å². The third kappa shape index (κ3) is 5.43. The summed E-state index contributed by atoms with van der Waals surface area (Å²) in [4.78, 5) is 11.5. The first-order valence-corrected chi connectivity index (χ1v) is 9.79. The Kier molecular flexibility index (Phi) is 7.29. The molecule has 1 aliphatic carbocycles. The smallest absolute Gasteiger partial charge is 0.257 e. The average molecular weight is 361 g/mol. The van der Waals surface area contributed by atoms with Crippen molar-refractivity contribution in [2.75, 3.05) is 32.9 Å². The van der Waals surface area contributed by atoms with Gasteiger partial charge in [0.2, 0.25) is 0 Å². The van der Waals surface area contributed by atoms with Crippen molar-refractivity contribution in [2.45, 2.75) is 44.8 Å². The van der Waals surface area contributed by atoms with Crippen LogP contribution in [-0.2, 0) is 16.1 Å². The Morgan fingerprint density at radius 3 is 3.12 bits per heavy atom. The number of carbonyl (C=O) groups excluding carboxylic acids is 1. The summed E-state index contributed by atoms with van der Waals surface area (Å²) < 4.78 is 11.2. The Bertz CT molecular complexity index is 575. The van der Waals surface area contributed by atoms with Gasteiger partial charge in [-0.05, 0) is 43.4 Å². The van der Waals surface area contributed by atoms with Crippen molar-refractivity contribution in [3.05, 3.63) is 29.8 Å². The Labute approximate surface area is 156 Å². The Morgan fingerprint density at radius 2 is 2.31 bits per heavy atom. The highest BCUT2D eigenvalue weighted by molar-refractivity contribution is 5.77. The second-order valence-electron chi connectivity index (χ2n) is 7.11. The van der Waals surface area contributed by atoms with Crippen LogP contribution in [0.15, 0.2) is 24.3 Å². The van der Waals surface area contributed by atoms with Crippen molar-refractivity contribution in [2.24, 2.45) is 5.92 Å². The molecule has 1 saturated heterocycles. The molecule has 2 aliphatic rings. The lowest BCUT2D eigenvalue weighted by molar-refractivity contribution is -0.122. The van der Waals surface area contributed by atoms with Crippen LogP contribution in [0.1, 0.15) is 31.7 Å².